The van der Waals surface area contributed by atoms with Gasteiger partial charge in [0.05, 0.1) is 13.4 Å². The van der Waals surface area contributed by atoms with Crippen LogP contribution in [0.5, 0.6) is 0 Å². The van der Waals surface area contributed by atoms with E-state index >= 15 is 0 Å². The Labute approximate surface area is 114 Å². The molecule has 0 spiro atoms. The van der Waals surface area contributed by atoms with Gasteiger partial charge in [-0.2, -0.15) is 0 Å². The second-order valence-electron chi connectivity index (χ2n) is 4.27. The van der Waals surface area contributed by atoms with Gasteiger partial charge in [0.25, 0.3) is 0 Å². The van der Waals surface area contributed by atoms with Gasteiger partial charge < -0.3 is 4.74 Å². The van der Waals surface area contributed by atoms with Crippen LogP contribution in [0.1, 0.15) is 11.1 Å². The van der Waals surface area contributed by atoms with Crippen LogP contribution in [0.15, 0.2) is 79.1 Å². The van der Waals surface area contributed by atoms with E-state index in [1.165, 1.54) is 5.56 Å². The predicted octanol–water partition coefficient (Wildman–Crippen LogP) is 4.47. The van der Waals surface area contributed by atoms with Crippen LogP contribution < -0.4 is 0 Å². The molecule has 0 heterocycles. The molecular weight excluding hydrogens is 232 g/mol. The summed E-state index contributed by atoms with van der Waals surface area (Å²) in [4.78, 5) is 0. The molecule has 2 rings (SSSR count). The van der Waals surface area contributed by atoms with Crippen LogP contribution in [-0.4, -0.2) is 7.11 Å². The van der Waals surface area contributed by atoms with Crippen molar-refractivity contribution in [2.75, 3.05) is 7.11 Å². The largest absolute Gasteiger partial charge is 0.504 e. The minimum absolute atomic E-state index is 0.925. The molecule has 1 heteroatoms. The van der Waals surface area contributed by atoms with Crippen molar-refractivity contribution >= 4 is 5.57 Å². The Hall–Kier alpha value is -2.28. The highest BCUT2D eigenvalue weighted by molar-refractivity contribution is 5.73. The Bertz CT molecular complexity index is 538. The normalized spacial score (nSPS) is 11.7. The summed E-state index contributed by atoms with van der Waals surface area (Å²) in [6.45, 7) is 0. The average Bonchev–Trinajstić information content (AvgIpc) is 2.48. The maximum absolute atomic E-state index is 5.15. The third-order valence-electron chi connectivity index (χ3n) is 2.85. The molecule has 0 amide bonds. The molecule has 0 N–H and O–H groups in total. The van der Waals surface area contributed by atoms with E-state index in [0.29, 0.717) is 0 Å². The van der Waals surface area contributed by atoms with E-state index in [2.05, 4.69) is 48.6 Å². The van der Waals surface area contributed by atoms with Crippen molar-refractivity contribution in [3.05, 3.63) is 90.2 Å². The number of allylic oxidation sites excluding steroid dienone is 3. The van der Waals surface area contributed by atoms with Crippen molar-refractivity contribution in [2.45, 2.75) is 6.42 Å². The summed E-state index contributed by atoms with van der Waals surface area (Å²) in [6, 6.07) is 20.7. The summed E-state index contributed by atoms with van der Waals surface area (Å²) in [5.74, 6) is 0. The lowest BCUT2D eigenvalue weighted by Crippen LogP contribution is -1.83. The van der Waals surface area contributed by atoms with Crippen LogP contribution in [0.25, 0.3) is 5.57 Å². The Kier molecular flexibility index (Phi) is 5.00. The maximum atomic E-state index is 5.15. The first-order valence-corrected chi connectivity index (χ1v) is 6.39. The smallest absolute Gasteiger partial charge is 0.0902 e. The van der Waals surface area contributed by atoms with Crippen molar-refractivity contribution < 1.29 is 4.74 Å². The van der Waals surface area contributed by atoms with Gasteiger partial charge in [0.1, 0.15) is 0 Å². The summed E-state index contributed by atoms with van der Waals surface area (Å²) in [6.07, 6.45) is 6.96. The fraction of sp³-hybridized carbons (Fsp3) is 0.111. The Morgan fingerprint density at radius 2 is 1.58 bits per heavy atom. The molecule has 0 aromatic heterocycles. The Balaban J connectivity index is 2.08. The van der Waals surface area contributed by atoms with Crippen molar-refractivity contribution in [1.82, 2.24) is 0 Å². The number of rotatable bonds is 5. The third-order valence-corrected chi connectivity index (χ3v) is 2.85. The molecule has 0 radical (unpaired) electrons. The number of ether oxygens (including phenoxy) is 1. The van der Waals surface area contributed by atoms with Gasteiger partial charge in [-0.3, -0.25) is 0 Å². The van der Waals surface area contributed by atoms with Gasteiger partial charge in [0.2, 0.25) is 0 Å². The molecule has 0 aliphatic heterocycles. The van der Waals surface area contributed by atoms with Gasteiger partial charge in [0.15, 0.2) is 0 Å². The molecule has 0 saturated carbocycles. The van der Waals surface area contributed by atoms with Crippen molar-refractivity contribution in [3.63, 3.8) is 0 Å². The number of hydrogen-bond donors (Lipinski definition) is 0. The molecule has 0 atom stereocenters. The first-order valence-electron chi connectivity index (χ1n) is 6.39. The molecule has 0 aliphatic carbocycles. The molecule has 0 fully saturated rings. The van der Waals surface area contributed by atoms with Crippen LogP contribution in [0.4, 0.5) is 0 Å². The molecule has 0 unspecified atom stereocenters. The van der Waals surface area contributed by atoms with Crippen LogP contribution in [0.3, 0.4) is 0 Å². The molecular formula is C18H18O. The fourth-order valence-corrected chi connectivity index (χ4v) is 1.90. The lowest BCUT2D eigenvalue weighted by atomic mass is 10.1. The molecule has 2 aromatic carbocycles. The lowest BCUT2D eigenvalue weighted by molar-refractivity contribution is 0.340. The first kappa shape index (κ1) is 13.2. The summed E-state index contributed by atoms with van der Waals surface area (Å²) < 4.78 is 5.15. The van der Waals surface area contributed by atoms with E-state index in [0.717, 1.165) is 17.6 Å². The van der Waals surface area contributed by atoms with E-state index in [9.17, 15) is 0 Å². The van der Waals surface area contributed by atoms with Crippen LogP contribution >= 0.6 is 0 Å². The maximum Gasteiger partial charge on any atom is 0.0902 e. The van der Waals surface area contributed by atoms with E-state index in [4.69, 9.17) is 4.74 Å². The van der Waals surface area contributed by atoms with E-state index < -0.39 is 0 Å². The highest BCUT2D eigenvalue weighted by Crippen LogP contribution is 2.16. The van der Waals surface area contributed by atoms with Gasteiger partial charge >= 0.3 is 0 Å². The van der Waals surface area contributed by atoms with Gasteiger partial charge in [-0.05, 0) is 17.5 Å². The summed E-state index contributed by atoms with van der Waals surface area (Å²) in [5, 5.41) is 0. The highest BCUT2D eigenvalue weighted by atomic mass is 16.5. The first-order chi connectivity index (χ1) is 9.40. The molecule has 0 saturated heterocycles. The van der Waals surface area contributed by atoms with Crippen molar-refractivity contribution in [3.8, 4) is 0 Å². The second kappa shape index (κ2) is 7.22. The van der Waals surface area contributed by atoms with Crippen LogP contribution in [-0.2, 0) is 11.2 Å². The molecule has 1 nitrogen and oxygen atoms in total. The SMILES string of the molecule is CO/C=C(/C=C/Cc1ccccc1)c1ccccc1. The van der Waals surface area contributed by atoms with E-state index in [-0.39, 0.29) is 0 Å². The monoisotopic (exact) mass is 250 g/mol. The number of benzene rings is 2. The van der Waals surface area contributed by atoms with E-state index in [1.54, 1.807) is 13.4 Å². The quantitative estimate of drug-likeness (QED) is 0.562. The standard InChI is InChI=1S/C18H18O/c1-19-15-18(17-12-6-3-7-13-17)14-8-11-16-9-4-2-5-10-16/h2-10,12-15H,11H2,1H3/b14-8+,18-15-. The minimum atomic E-state index is 0.925. The molecule has 2 aromatic rings. The Morgan fingerprint density at radius 3 is 2.21 bits per heavy atom. The molecule has 0 bridgehead atoms. The molecule has 96 valence electrons. The highest BCUT2D eigenvalue weighted by Gasteiger charge is 1.96. The second-order valence-corrected chi connectivity index (χ2v) is 4.27. The predicted molar refractivity (Wildman–Crippen MR) is 80.7 cm³/mol. The zero-order valence-electron chi connectivity index (χ0n) is 11.1. The average molecular weight is 250 g/mol. The van der Waals surface area contributed by atoms with E-state index in [1.807, 2.05) is 24.3 Å². The summed E-state index contributed by atoms with van der Waals surface area (Å²) in [5.41, 5.74) is 3.55. The lowest BCUT2D eigenvalue weighted by Gasteiger charge is -2.02. The number of methoxy groups -OCH3 is 1. The Morgan fingerprint density at radius 1 is 0.947 bits per heavy atom. The number of hydrogen-bond acceptors (Lipinski definition) is 1. The van der Waals surface area contributed by atoms with Gasteiger partial charge in [-0.1, -0.05) is 72.8 Å². The van der Waals surface area contributed by atoms with Crippen LogP contribution in [0.2, 0.25) is 0 Å². The molecule has 19 heavy (non-hydrogen) atoms. The van der Waals surface area contributed by atoms with Gasteiger partial charge in [0, 0.05) is 5.57 Å². The van der Waals surface area contributed by atoms with Crippen molar-refractivity contribution in [1.29, 1.82) is 0 Å². The van der Waals surface area contributed by atoms with Crippen LogP contribution in [0, 0.1) is 0 Å². The fourth-order valence-electron chi connectivity index (χ4n) is 1.90. The third kappa shape index (κ3) is 4.14. The summed E-state index contributed by atoms with van der Waals surface area (Å²) in [7, 11) is 1.67. The van der Waals surface area contributed by atoms with Gasteiger partial charge in [-0.15, -0.1) is 0 Å². The topological polar surface area (TPSA) is 9.23 Å². The molecule has 0 aliphatic rings. The minimum Gasteiger partial charge on any atom is -0.504 e. The van der Waals surface area contributed by atoms with Gasteiger partial charge in [-0.25, -0.2) is 0 Å². The summed E-state index contributed by atoms with van der Waals surface area (Å²) >= 11 is 0. The zero-order chi connectivity index (χ0) is 13.3. The van der Waals surface area contributed by atoms with Crippen molar-refractivity contribution in [2.24, 2.45) is 0 Å². The zero-order valence-corrected chi connectivity index (χ0v) is 11.1.